The molecule has 8 heteroatoms. The Morgan fingerprint density at radius 2 is 1.91 bits per heavy atom. The molecule has 0 aromatic heterocycles. The minimum Gasteiger partial charge on any atom is -0.324 e. The van der Waals surface area contributed by atoms with Crippen LogP contribution < -0.4 is 10.2 Å². The van der Waals surface area contributed by atoms with Gasteiger partial charge in [0.2, 0.25) is 21.8 Å². The predicted octanol–water partition coefficient (Wildman–Crippen LogP) is 3.78. The number of piperidine rings is 1. The molecule has 2 aromatic carbocycles. The number of sulfonamides is 1. The first kappa shape index (κ1) is 23.4. The molecule has 0 unspecified atom stereocenters. The first-order valence-corrected chi connectivity index (χ1v) is 12.9. The maximum atomic E-state index is 13.3. The molecule has 2 aliphatic rings. The summed E-state index contributed by atoms with van der Waals surface area (Å²) in [6.45, 7) is 6.28. The van der Waals surface area contributed by atoms with Gasteiger partial charge in [0.1, 0.15) is 6.54 Å². The Kier molecular flexibility index (Phi) is 6.59. The lowest BCUT2D eigenvalue weighted by Gasteiger charge is -2.33. The van der Waals surface area contributed by atoms with Gasteiger partial charge in [0.25, 0.3) is 0 Å². The summed E-state index contributed by atoms with van der Waals surface area (Å²) in [5.74, 6) is -0.428. The smallest absolute Gasteiger partial charge is 0.244 e. The van der Waals surface area contributed by atoms with Crippen LogP contribution in [0.3, 0.4) is 0 Å². The zero-order valence-corrected chi connectivity index (χ0v) is 20.2. The molecule has 176 valence electrons. The number of carbonyl (C=O) groups excluding carboxylic acids is 2. The van der Waals surface area contributed by atoms with Crippen LogP contribution in [0, 0.1) is 13.8 Å². The van der Waals surface area contributed by atoms with Gasteiger partial charge < -0.3 is 10.2 Å². The molecule has 4 rings (SSSR count). The Bertz CT molecular complexity index is 1190. The highest BCUT2D eigenvalue weighted by atomic mass is 32.2. The van der Waals surface area contributed by atoms with Gasteiger partial charge >= 0.3 is 0 Å². The Morgan fingerprint density at radius 1 is 1.12 bits per heavy atom. The quantitative estimate of drug-likeness (QED) is 0.722. The van der Waals surface area contributed by atoms with Crippen molar-refractivity contribution in [2.24, 2.45) is 0 Å². The lowest BCUT2D eigenvalue weighted by molar-refractivity contribution is -0.121. The SMILES string of the molecule is Cc1cccc(NC(=O)CN2C(=O)CCc3cc(S(=O)(=O)N4CCCC[C@H]4C)ccc32)c1C. The molecule has 7 nitrogen and oxygen atoms in total. The summed E-state index contributed by atoms with van der Waals surface area (Å²) >= 11 is 0. The number of aryl methyl sites for hydroxylation is 2. The molecule has 1 fully saturated rings. The third-order valence-electron chi connectivity index (χ3n) is 6.78. The van der Waals surface area contributed by atoms with Crippen LogP contribution >= 0.6 is 0 Å². The fourth-order valence-corrected chi connectivity index (χ4v) is 6.40. The van der Waals surface area contributed by atoms with Crippen molar-refractivity contribution in [3.8, 4) is 0 Å². The molecule has 0 bridgehead atoms. The van der Waals surface area contributed by atoms with Crippen LogP contribution in [0.1, 0.15) is 49.3 Å². The summed E-state index contributed by atoms with van der Waals surface area (Å²) in [4.78, 5) is 27.1. The molecule has 0 radical (unpaired) electrons. The summed E-state index contributed by atoms with van der Waals surface area (Å²) < 4.78 is 28.1. The van der Waals surface area contributed by atoms with E-state index in [-0.39, 0.29) is 35.7 Å². The van der Waals surface area contributed by atoms with E-state index in [9.17, 15) is 18.0 Å². The van der Waals surface area contributed by atoms with E-state index in [2.05, 4.69) is 5.32 Å². The molecular formula is C25H31N3O4S. The van der Waals surface area contributed by atoms with Crippen LogP contribution in [0.25, 0.3) is 0 Å². The Hall–Kier alpha value is -2.71. The lowest BCUT2D eigenvalue weighted by Crippen LogP contribution is -2.42. The molecule has 2 heterocycles. The molecule has 0 aliphatic carbocycles. The predicted molar refractivity (Wildman–Crippen MR) is 129 cm³/mol. The monoisotopic (exact) mass is 469 g/mol. The van der Waals surface area contributed by atoms with Crippen molar-refractivity contribution in [2.45, 2.75) is 63.8 Å². The van der Waals surface area contributed by atoms with Crippen molar-refractivity contribution in [3.63, 3.8) is 0 Å². The minimum atomic E-state index is -3.60. The molecule has 1 atom stereocenters. The summed E-state index contributed by atoms with van der Waals surface area (Å²) in [7, 11) is -3.60. The second kappa shape index (κ2) is 9.27. The number of anilines is 2. The first-order valence-electron chi connectivity index (χ1n) is 11.5. The van der Waals surface area contributed by atoms with Crippen molar-refractivity contribution < 1.29 is 18.0 Å². The van der Waals surface area contributed by atoms with Gasteiger partial charge in [-0.25, -0.2) is 8.42 Å². The van der Waals surface area contributed by atoms with E-state index in [1.54, 1.807) is 22.5 Å². The van der Waals surface area contributed by atoms with Crippen LogP contribution in [0.5, 0.6) is 0 Å². The average molecular weight is 470 g/mol. The van der Waals surface area contributed by atoms with Crippen LogP contribution in [0.15, 0.2) is 41.3 Å². The number of amides is 2. The fraction of sp³-hybridized carbons (Fsp3) is 0.440. The molecule has 33 heavy (non-hydrogen) atoms. The second-order valence-corrected chi connectivity index (χ2v) is 10.9. The maximum Gasteiger partial charge on any atom is 0.244 e. The highest BCUT2D eigenvalue weighted by Gasteiger charge is 2.33. The van der Waals surface area contributed by atoms with Crippen LogP contribution in [-0.4, -0.2) is 43.7 Å². The van der Waals surface area contributed by atoms with Gasteiger partial charge in [-0.1, -0.05) is 18.6 Å². The van der Waals surface area contributed by atoms with E-state index < -0.39 is 10.0 Å². The topological polar surface area (TPSA) is 86.8 Å². The van der Waals surface area contributed by atoms with Gasteiger partial charge in [-0.3, -0.25) is 9.59 Å². The summed E-state index contributed by atoms with van der Waals surface area (Å²) in [5.41, 5.74) is 4.16. The number of nitrogens with one attached hydrogen (secondary N) is 1. The Balaban J connectivity index is 1.56. The molecule has 1 saturated heterocycles. The molecule has 0 saturated carbocycles. The number of nitrogens with zero attached hydrogens (tertiary/aromatic N) is 2. The van der Waals surface area contributed by atoms with E-state index in [0.29, 0.717) is 18.7 Å². The number of hydrogen-bond donors (Lipinski definition) is 1. The normalized spacial score (nSPS) is 19.3. The van der Waals surface area contributed by atoms with E-state index in [0.717, 1.165) is 41.6 Å². The highest BCUT2D eigenvalue weighted by Crippen LogP contribution is 2.32. The van der Waals surface area contributed by atoms with Gasteiger partial charge in [0.05, 0.1) is 4.90 Å². The van der Waals surface area contributed by atoms with Crippen molar-refractivity contribution in [1.29, 1.82) is 0 Å². The van der Waals surface area contributed by atoms with Crippen molar-refractivity contribution in [3.05, 3.63) is 53.1 Å². The average Bonchev–Trinajstić information content (AvgIpc) is 2.78. The van der Waals surface area contributed by atoms with Crippen LogP contribution in [0.2, 0.25) is 0 Å². The second-order valence-electron chi connectivity index (χ2n) is 9.03. The zero-order chi connectivity index (χ0) is 23.8. The van der Waals surface area contributed by atoms with Gasteiger partial charge in [0.15, 0.2) is 0 Å². The number of benzene rings is 2. The van der Waals surface area contributed by atoms with Gasteiger partial charge in [-0.15, -0.1) is 0 Å². The van der Waals surface area contributed by atoms with Gasteiger partial charge in [-0.05, 0) is 81.0 Å². The number of fused-ring (bicyclic) bond motifs is 1. The summed E-state index contributed by atoms with van der Waals surface area (Å²) in [5, 5.41) is 2.90. The first-order chi connectivity index (χ1) is 15.7. The van der Waals surface area contributed by atoms with Crippen LogP contribution in [-0.2, 0) is 26.0 Å². The van der Waals surface area contributed by atoms with E-state index in [4.69, 9.17) is 0 Å². The molecule has 1 N–H and O–H groups in total. The van der Waals surface area contributed by atoms with E-state index in [1.807, 2.05) is 39.0 Å². The molecular weight excluding hydrogens is 438 g/mol. The maximum absolute atomic E-state index is 13.3. The van der Waals surface area contributed by atoms with Crippen molar-refractivity contribution in [1.82, 2.24) is 4.31 Å². The fourth-order valence-electron chi connectivity index (χ4n) is 4.65. The standard InChI is InChI=1S/C25H31N3O4S/c1-17-7-6-9-22(19(17)3)26-24(29)16-27-23-12-11-21(15-20(23)10-13-25(27)30)33(31,32)28-14-5-4-8-18(28)2/h6-7,9,11-12,15,18H,4-5,8,10,13-14,16H2,1-3H3,(H,26,29)/t18-/m1/s1. The largest absolute Gasteiger partial charge is 0.324 e. The lowest BCUT2D eigenvalue weighted by atomic mass is 10.0. The highest BCUT2D eigenvalue weighted by molar-refractivity contribution is 7.89. The minimum absolute atomic E-state index is 0.0216. The van der Waals surface area contributed by atoms with Crippen LogP contribution in [0.4, 0.5) is 11.4 Å². The van der Waals surface area contributed by atoms with Crippen molar-refractivity contribution in [2.75, 3.05) is 23.3 Å². The number of hydrogen-bond acceptors (Lipinski definition) is 4. The molecule has 0 spiro atoms. The number of rotatable bonds is 5. The summed E-state index contributed by atoms with van der Waals surface area (Å²) in [6.07, 6.45) is 3.47. The van der Waals surface area contributed by atoms with Crippen molar-refractivity contribution >= 4 is 33.2 Å². The van der Waals surface area contributed by atoms with E-state index >= 15 is 0 Å². The zero-order valence-electron chi connectivity index (χ0n) is 19.4. The third kappa shape index (κ3) is 4.68. The third-order valence-corrected chi connectivity index (χ3v) is 8.79. The van der Waals surface area contributed by atoms with E-state index in [1.165, 1.54) is 4.90 Å². The Labute approximate surface area is 195 Å². The van der Waals surface area contributed by atoms with Gasteiger partial charge in [-0.2, -0.15) is 4.31 Å². The molecule has 2 aliphatic heterocycles. The molecule has 2 aromatic rings. The Morgan fingerprint density at radius 3 is 2.67 bits per heavy atom. The summed E-state index contributed by atoms with van der Waals surface area (Å²) in [6, 6.07) is 10.6. The number of carbonyl (C=O) groups is 2. The molecule has 2 amide bonds. The van der Waals surface area contributed by atoms with Gasteiger partial charge in [0, 0.05) is 30.4 Å².